The van der Waals surface area contributed by atoms with Gasteiger partial charge in [0.15, 0.2) is 4.34 Å². The van der Waals surface area contributed by atoms with Crippen molar-refractivity contribution in [2.75, 3.05) is 11.9 Å². The lowest BCUT2D eigenvalue weighted by atomic mass is 10.2. The van der Waals surface area contributed by atoms with Gasteiger partial charge in [0.2, 0.25) is 11.0 Å². The molecule has 34 heavy (non-hydrogen) atoms. The van der Waals surface area contributed by atoms with Crippen LogP contribution in [0.1, 0.15) is 24.0 Å². The van der Waals surface area contributed by atoms with Crippen molar-refractivity contribution in [3.63, 3.8) is 0 Å². The van der Waals surface area contributed by atoms with Crippen molar-refractivity contribution in [1.82, 2.24) is 15.1 Å². The summed E-state index contributed by atoms with van der Waals surface area (Å²) in [6, 6.07) is 16.2. The highest BCUT2D eigenvalue weighted by Crippen LogP contribution is 2.33. The van der Waals surface area contributed by atoms with Gasteiger partial charge in [-0.3, -0.25) is 14.5 Å². The molecule has 2 aromatic carbocycles. The van der Waals surface area contributed by atoms with Crippen LogP contribution in [0.2, 0.25) is 0 Å². The number of thioether (sulfide) groups is 2. The maximum absolute atomic E-state index is 13.7. The van der Waals surface area contributed by atoms with Gasteiger partial charge in [-0.15, -0.1) is 10.2 Å². The number of halogens is 1. The van der Waals surface area contributed by atoms with Crippen molar-refractivity contribution in [3.05, 3.63) is 76.4 Å². The largest absolute Gasteiger partial charge is 0.301 e. The number of amides is 2. The van der Waals surface area contributed by atoms with E-state index in [1.807, 2.05) is 36.4 Å². The highest BCUT2D eigenvalue weighted by atomic mass is 32.2. The van der Waals surface area contributed by atoms with Gasteiger partial charge in [-0.1, -0.05) is 95.6 Å². The summed E-state index contributed by atoms with van der Waals surface area (Å²) in [5, 5.41) is 11.1. The van der Waals surface area contributed by atoms with E-state index < -0.39 is 0 Å². The number of anilines is 1. The number of nitrogens with zero attached hydrogens (tertiary/aromatic N) is 3. The molecule has 4 rings (SSSR count). The van der Waals surface area contributed by atoms with Gasteiger partial charge in [-0.2, -0.15) is 0 Å². The second-order valence-corrected chi connectivity index (χ2v) is 11.0. The van der Waals surface area contributed by atoms with Gasteiger partial charge < -0.3 is 5.32 Å². The lowest BCUT2D eigenvalue weighted by Gasteiger charge is -2.13. The van der Waals surface area contributed by atoms with Gasteiger partial charge in [0.1, 0.15) is 10.1 Å². The van der Waals surface area contributed by atoms with E-state index in [2.05, 4.69) is 15.5 Å². The predicted molar refractivity (Wildman–Crippen MR) is 140 cm³/mol. The molecule has 0 saturated carbocycles. The van der Waals surface area contributed by atoms with Gasteiger partial charge in [0.05, 0.1) is 4.91 Å². The fourth-order valence-corrected chi connectivity index (χ4v) is 6.11. The molecule has 1 saturated heterocycles. The number of hydrogen-bond acceptors (Lipinski definition) is 8. The Kier molecular flexibility index (Phi) is 8.44. The zero-order valence-electron chi connectivity index (χ0n) is 17.8. The Morgan fingerprint density at radius 1 is 1.15 bits per heavy atom. The number of aromatic nitrogens is 2. The highest BCUT2D eigenvalue weighted by molar-refractivity contribution is 8.26. The van der Waals surface area contributed by atoms with Crippen molar-refractivity contribution < 1.29 is 14.0 Å². The fraction of sp³-hybridized carbons (Fsp3) is 0.174. The maximum Gasteiger partial charge on any atom is 0.266 e. The average Bonchev–Trinajstić information content (AvgIpc) is 3.38. The Balaban J connectivity index is 1.22. The highest BCUT2D eigenvalue weighted by Gasteiger charge is 2.31. The van der Waals surface area contributed by atoms with Gasteiger partial charge in [0.25, 0.3) is 5.91 Å². The molecule has 2 amide bonds. The molecule has 0 aliphatic carbocycles. The quantitative estimate of drug-likeness (QED) is 0.167. The third kappa shape index (κ3) is 6.50. The van der Waals surface area contributed by atoms with Gasteiger partial charge in [-0.25, -0.2) is 4.39 Å². The summed E-state index contributed by atoms with van der Waals surface area (Å²) < 4.78 is 14.9. The molecule has 6 nitrogen and oxygen atoms in total. The zero-order chi connectivity index (χ0) is 23.9. The summed E-state index contributed by atoms with van der Waals surface area (Å²) in [6.07, 6.45) is 2.50. The first-order chi connectivity index (χ1) is 16.5. The molecule has 1 N–H and O–H groups in total. The van der Waals surface area contributed by atoms with Gasteiger partial charge >= 0.3 is 0 Å². The molecule has 2 heterocycles. The van der Waals surface area contributed by atoms with E-state index in [1.165, 1.54) is 45.8 Å². The standard InChI is InChI=1S/C23H19FN4O2S4/c24-17-10-5-4-9-16(17)14-32-22-27-26-21(34-22)25-19(29)11-6-12-28-20(30)18(33-23(28)31)13-15-7-2-1-3-8-15/h1-5,7-10,13H,6,11-12,14H2,(H,25,26,29)/b18-13-. The van der Waals surface area contributed by atoms with Crippen molar-refractivity contribution >= 4 is 74.4 Å². The van der Waals surface area contributed by atoms with E-state index in [4.69, 9.17) is 12.2 Å². The van der Waals surface area contributed by atoms with Crippen molar-refractivity contribution in [3.8, 4) is 0 Å². The second kappa shape index (κ2) is 11.7. The summed E-state index contributed by atoms with van der Waals surface area (Å²) >= 11 is 9.22. The minimum absolute atomic E-state index is 0.139. The lowest BCUT2D eigenvalue weighted by molar-refractivity contribution is -0.122. The van der Waals surface area contributed by atoms with Crippen LogP contribution in [0.3, 0.4) is 0 Å². The molecule has 0 radical (unpaired) electrons. The van der Waals surface area contributed by atoms with Gasteiger partial charge in [-0.05, 0) is 29.7 Å². The third-order valence-corrected chi connectivity index (χ3v) is 8.12. The van der Waals surface area contributed by atoms with Crippen molar-refractivity contribution in [2.45, 2.75) is 22.9 Å². The summed E-state index contributed by atoms with van der Waals surface area (Å²) in [4.78, 5) is 27.1. The molecule has 174 valence electrons. The average molecular weight is 531 g/mol. The number of nitrogens with one attached hydrogen (secondary N) is 1. The Morgan fingerprint density at radius 3 is 2.71 bits per heavy atom. The molecule has 0 unspecified atom stereocenters. The molecule has 1 fully saturated rings. The third-order valence-electron chi connectivity index (χ3n) is 4.72. The smallest absolute Gasteiger partial charge is 0.266 e. The Bertz CT molecular complexity index is 1230. The van der Waals surface area contributed by atoms with E-state index in [-0.39, 0.29) is 24.1 Å². The summed E-state index contributed by atoms with van der Waals surface area (Å²) in [5.41, 5.74) is 1.52. The van der Waals surface area contributed by atoms with Crippen molar-refractivity contribution in [1.29, 1.82) is 0 Å². The predicted octanol–water partition coefficient (Wildman–Crippen LogP) is 5.59. The fourth-order valence-electron chi connectivity index (χ4n) is 3.05. The Morgan fingerprint density at radius 2 is 1.91 bits per heavy atom. The first-order valence-corrected chi connectivity index (χ1v) is 13.3. The molecule has 1 aromatic heterocycles. The van der Waals surface area contributed by atoms with E-state index >= 15 is 0 Å². The number of thiocarbonyl (C=S) groups is 1. The molecular weight excluding hydrogens is 512 g/mol. The number of hydrogen-bond donors (Lipinski definition) is 1. The molecule has 1 aliphatic heterocycles. The minimum Gasteiger partial charge on any atom is -0.301 e. The van der Waals surface area contributed by atoms with E-state index in [0.29, 0.717) is 43.0 Å². The van der Waals surface area contributed by atoms with Crippen LogP contribution in [0.4, 0.5) is 9.52 Å². The van der Waals surface area contributed by atoms with Crippen LogP contribution in [0.5, 0.6) is 0 Å². The number of benzene rings is 2. The number of carbonyl (C=O) groups is 2. The SMILES string of the molecule is O=C(CCCN1C(=O)/C(=C/c2ccccc2)SC1=S)Nc1nnc(SCc2ccccc2F)s1. The first kappa shape index (κ1) is 24.5. The molecule has 0 spiro atoms. The summed E-state index contributed by atoms with van der Waals surface area (Å²) in [6.45, 7) is 0.365. The Labute approximate surface area is 214 Å². The van der Waals surface area contributed by atoms with Crippen LogP contribution in [0, 0.1) is 5.82 Å². The monoisotopic (exact) mass is 530 g/mol. The van der Waals surface area contributed by atoms with E-state index in [0.717, 1.165) is 5.56 Å². The summed E-state index contributed by atoms with van der Waals surface area (Å²) in [7, 11) is 0. The molecule has 0 bridgehead atoms. The molecule has 0 atom stereocenters. The normalized spacial score (nSPS) is 14.7. The van der Waals surface area contributed by atoms with E-state index in [1.54, 1.807) is 18.2 Å². The van der Waals surface area contributed by atoms with Crippen LogP contribution in [0.15, 0.2) is 63.8 Å². The second-order valence-electron chi connectivity index (χ2n) is 7.15. The van der Waals surface area contributed by atoms with Crippen LogP contribution < -0.4 is 5.32 Å². The van der Waals surface area contributed by atoms with Crippen LogP contribution >= 0.6 is 47.1 Å². The zero-order valence-corrected chi connectivity index (χ0v) is 21.0. The Hall–Kier alpha value is -2.60. The first-order valence-electron chi connectivity index (χ1n) is 10.3. The molecule has 3 aromatic rings. The van der Waals surface area contributed by atoms with Crippen LogP contribution in [0.25, 0.3) is 6.08 Å². The van der Waals surface area contributed by atoms with Crippen LogP contribution in [-0.2, 0) is 15.3 Å². The van der Waals surface area contributed by atoms with Gasteiger partial charge in [0, 0.05) is 18.7 Å². The number of carbonyl (C=O) groups excluding carboxylic acids is 2. The molecule has 1 aliphatic rings. The van der Waals surface area contributed by atoms with E-state index in [9.17, 15) is 14.0 Å². The summed E-state index contributed by atoms with van der Waals surface area (Å²) in [5.74, 6) is -0.186. The molecule has 11 heteroatoms. The van der Waals surface area contributed by atoms with Crippen molar-refractivity contribution in [2.24, 2.45) is 0 Å². The van der Waals surface area contributed by atoms with Crippen LogP contribution in [-0.4, -0.2) is 37.8 Å². The minimum atomic E-state index is -0.259. The number of rotatable bonds is 9. The molecular formula is C23H19FN4O2S4. The topological polar surface area (TPSA) is 75.2 Å². The lowest BCUT2D eigenvalue weighted by Crippen LogP contribution is -2.29. The maximum atomic E-state index is 13.7.